The summed E-state index contributed by atoms with van der Waals surface area (Å²) in [5.41, 5.74) is 4.05. The van der Waals surface area contributed by atoms with Crippen LogP contribution in [0.25, 0.3) is 0 Å². The SMILES string of the molecule is CC(F)(CN)Cc1ccccc1F. The number of alkyl halides is 1. The second-order valence-electron chi connectivity index (χ2n) is 3.39. The Balaban J connectivity index is 2.80. The summed E-state index contributed by atoms with van der Waals surface area (Å²) in [7, 11) is 0. The molecule has 2 N–H and O–H groups in total. The molecule has 13 heavy (non-hydrogen) atoms. The van der Waals surface area contributed by atoms with Gasteiger partial charge in [0.15, 0.2) is 0 Å². The van der Waals surface area contributed by atoms with Gasteiger partial charge in [0.25, 0.3) is 0 Å². The molecule has 0 heterocycles. The molecule has 0 fully saturated rings. The van der Waals surface area contributed by atoms with Gasteiger partial charge in [-0.2, -0.15) is 0 Å². The Labute approximate surface area is 76.6 Å². The lowest BCUT2D eigenvalue weighted by Crippen LogP contribution is -2.31. The molecular weight excluding hydrogens is 172 g/mol. The molecule has 0 aliphatic carbocycles. The molecule has 1 aromatic rings. The van der Waals surface area contributed by atoms with Crippen LogP contribution < -0.4 is 5.73 Å². The highest BCUT2D eigenvalue weighted by molar-refractivity contribution is 5.19. The Morgan fingerprint density at radius 3 is 2.54 bits per heavy atom. The van der Waals surface area contributed by atoms with Crippen LogP contribution in [0, 0.1) is 5.82 Å². The van der Waals surface area contributed by atoms with Crippen molar-refractivity contribution in [3.05, 3.63) is 35.6 Å². The van der Waals surface area contributed by atoms with E-state index in [1.807, 2.05) is 0 Å². The van der Waals surface area contributed by atoms with E-state index in [1.165, 1.54) is 13.0 Å². The van der Waals surface area contributed by atoms with Crippen molar-refractivity contribution in [3.63, 3.8) is 0 Å². The molecular formula is C10H13F2N. The summed E-state index contributed by atoms with van der Waals surface area (Å²) < 4.78 is 26.4. The molecule has 1 nitrogen and oxygen atoms in total. The fourth-order valence-corrected chi connectivity index (χ4v) is 1.11. The highest BCUT2D eigenvalue weighted by atomic mass is 19.1. The number of halogens is 2. The Morgan fingerprint density at radius 2 is 2.00 bits per heavy atom. The minimum Gasteiger partial charge on any atom is -0.328 e. The van der Waals surface area contributed by atoms with Gasteiger partial charge in [0.2, 0.25) is 0 Å². The van der Waals surface area contributed by atoms with Gasteiger partial charge >= 0.3 is 0 Å². The number of rotatable bonds is 3. The van der Waals surface area contributed by atoms with Crippen molar-refractivity contribution < 1.29 is 8.78 Å². The summed E-state index contributed by atoms with van der Waals surface area (Å²) in [6.45, 7) is 1.28. The highest BCUT2D eigenvalue weighted by Gasteiger charge is 2.22. The third kappa shape index (κ3) is 2.77. The molecule has 1 atom stereocenters. The Morgan fingerprint density at radius 1 is 1.38 bits per heavy atom. The van der Waals surface area contributed by atoms with E-state index >= 15 is 0 Å². The zero-order chi connectivity index (χ0) is 9.90. The van der Waals surface area contributed by atoms with E-state index in [-0.39, 0.29) is 18.8 Å². The molecule has 0 aromatic heterocycles. The molecule has 0 amide bonds. The lowest BCUT2D eigenvalue weighted by molar-refractivity contribution is 0.198. The summed E-state index contributed by atoms with van der Waals surface area (Å²) in [5, 5.41) is 0. The fraction of sp³-hybridized carbons (Fsp3) is 0.400. The van der Waals surface area contributed by atoms with Gasteiger partial charge in [-0.05, 0) is 18.6 Å². The average molecular weight is 185 g/mol. The van der Waals surface area contributed by atoms with Crippen molar-refractivity contribution in [3.8, 4) is 0 Å². The zero-order valence-corrected chi connectivity index (χ0v) is 7.56. The minimum atomic E-state index is -1.53. The number of hydrogen-bond donors (Lipinski definition) is 1. The molecule has 1 unspecified atom stereocenters. The van der Waals surface area contributed by atoms with E-state index in [9.17, 15) is 8.78 Å². The average Bonchev–Trinajstić information content (AvgIpc) is 2.09. The Hall–Kier alpha value is -0.960. The van der Waals surface area contributed by atoms with Gasteiger partial charge < -0.3 is 5.73 Å². The highest BCUT2D eigenvalue weighted by Crippen LogP contribution is 2.18. The maximum Gasteiger partial charge on any atom is 0.126 e. The molecule has 0 saturated carbocycles. The second kappa shape index (κ2) is 3.83. The third-order valence-corrected chi connectivity index (χ3v) is 1.94. The molecule has 0 bridgehead atoms. The lowest BCUT2D eigenvalue weighted by atomic mass is 9.98. The first-order chi connectivity index (χ1) is 6.05. The lowest BCUT2D eigenvalue weighted by Gasteiger charge is -2.17. The predicted octanol–water partition coefficient (Wildman–Crippen LogP) is 2.06. The fourth-order valence-electron chi connectivity index (χ4n) is 1.11. The van der Waals surface area contributed by atoms with E-state index in [0.717, 1.165) is 0 Å². The van der Waals surface area contributed by atoms with Gasteiger partial charge in [-0.15, -0.1) is 0 Å². The van der Waals surface area contributed by atoms with Gasteiger partial charge in [0.05, 0.1) is 0 Å². The van der Waals surface area contributed by atoms with E-state index in [1.54, 1.807) is 18.2 Å². The number of benzene rings is 1. The van der Waals surface area contributed by atoms with Crippen LogP contribution in [0.5, 0.6) is 0 Å². The topological polar surface area (TPSA) is 26.0 Å². The second-order valence-corrected chi connectivity index (χ2v) is 3.39. The van der Waals surface area contributed by atoms with Crippen LogP contribution in [0.2, 0.25) is 0 Å². The van der Waals surface area contributed by atoms with Crippen molar-refractivity contribution in [2.75, 3.05) is 6.54 Å². The summed E-state index contributed by atoms with van der Waals surface area (Å²) in [5.74, 6) is -0.375. The van der Waals surface area contributed by atoms with Crippen molar-refractivity contribution >= 4 is 0 Å². The van der Waals surface area contributed by atoms with E-state index in [0.29, 0.717) is 5.56 Å². The number of nitrogens with two attached hydrogens (primary N) is 1. The standard InChI is InChI=1S/C10H13F2N/c1-10(12,7-13)6-8-4-2-3-5-9(8)11/h2-5H,6-7,13H2,1H3. The third-order valence-electron chi connectivity index (χ3n) is 1.94. The van der Waals surface area contributed by atoms with Gasteiger partial charge in [0.1, 0.15) is 11.5 Å². The van der Waals surface area contributed by atoms with Gasteiger partial charge in [-0.25, -0.2) is 8.78 Å². The molecule has 0 radical (unpaired) electrons. The van der Waals surface area contributed by atoms with Crippen molar-refractivity contribution in [1.82, 2.24) is 0 Å². The predicted molar refractivity (Wildman–Crippen MR) is 48.7 cm³/mol. The van der Waals surface area contributed by atoms with Gasteiger partial charge in [-0.3, -0.25) is 0 Å². The van der Waals surface area contributed by atoms with Crippen LogP contribution in [0.1, 0.15) is 12.5 Å². The quantitative estimate of drug-likeness (QED) is 0.766. The first-order valence-corrected chi connectivity index (χ1v) is 4.17. The van der Waals surface area contributed by atoms with Crippen LogP contribution in [0.3, 0.4) is 0 Å². The van der Waals surface area contributed by atoms with Crippen LogP contribution in [-0.2, 0) is 6.42 Å². The molecule has 0 aliphatic rings. The van der Waals surface area contributed by atoms with Crippen molar-refractivity contribution in [1.29, 1.82) is 0 Å². The first kappa shape index (κ1) is 10.1. The Bertz CT molecular complexity index is 284. The molecule has 0 spiro atoms. The normalized spacial score (nSPS) is 15.4. The van der Waals surface area contributed by atoms with E-state index in [2.05, 4.69) is 0 Å². The summed E-state index contributed by atoms with van der Waals surface area (Å²) in [4.78, 5) is 0. The molecule has 0 saturated heterocycles. The Kier molecular flexibility index (Phi) is 2.98. The van der Waals surface area contributed by atoms with Crippen LogP contribution in [-0.4, -0.2) is 12.2 Å². The molecule has 0 aliphatic heterocycles. The van der Waals surface area contributed by atoms with E-state index < -0.39 is 5.67 Å². The summed E-state index contributed by atoms with van der Waals surface area (Å²) >= 11 is 0. The van der Waals surface area contributed by atoms with E-state index in [4.69, 9.17) is 5.73 Å². The minimum absolute atomic E-state index is 0.0240. The van der Waals surface area contributed by atoms with Crippen LogP contribution in [0.15, 0.2) is 24.3 Å². The molecule has 1 rings (SSSR count). The summed E-state index contributed by atoms with van der Waals surface area (Å²) in [6, 6.07) is 6.16. The van der Waals surface area contributed by atoms with Gasteiger partial charge in [-0.1, -0.05) is 18.2 Å². The van der Waals surface area contributed by atoms with Crippen molar-refractivity contribution in [2.45, 2.75) is 19.0 Å². The molecule has 1 aromatic carbocycles. The maximum atomic E-state index is 13.4. The van der Waals surface area contributed by atoms with Gasteiger partial charge in [0, 0.05) is 13.0 Å². The zero-order valence-electron chi connectivity index (χ0n) is 7.56. The smallest absolute Gasteiger partial charge is 0.126 e. The first-order valence-electron chi connectivity index (χ1n) is 4.17. The number of hydrogen-bond acceptors (Lipinski definition) is 1. The summed E-state index contributed by atoms with van der Waals surface area (Å²) in [6.07, 6.45) is 0.0240. The maximum absolute atomic E-state index is 13.4. The monoisotopic (exact) mass is 185 g/mol. The van der Waals surface area contributed by atoms with Crippen LogP contribution in [0.4, 0.5) is 8.78 Å². The van der Waals surface area contributed by atoms with Crippen LogP contribution >= 0.6 is 0 Å². The largest absolute Gasteiger partial charge is 0.328 e. The molecule has 3 heteroatoms. The molecule has 72 valence electrons. The van der Waals surface area contributed by atoms with Crippen molar-refractivity contribution in [2.24, 2.45) is 5.73 Å².